The summed E-state index contributed by atoms with van der Waals surface area (Å²) >= 11 is 1.22. The van der Waals surface area contributed by atoms with Crippen LogP contribution in [0.5, 0.6) is 5.75 Å². The minimum Gasteiger partial charge on any atom is -0.440 e. The number of nitro groups is 1. The highest BCUT2D eigenvalue weighted by atomic mass is 32.2. The standard InChI is InChI=1S/C16H17N3O5S/c1-23-9-12-10-25-18(16(20)17-12)15(11-3-2-4-11)24-14-7-5-13(6-8-14)19(21)22/h5-8,10H,2-4,9H2,1H3,(H,17,20). The molecular formula is C16H17N3O5S. The van der Waals surface area contributed by atoms with Gasteiger partial charge in [0.15, 0.2) is 0 Å². The second-order valence-electron chi connectivity index (χ2n) is 5.52. The molecule has 2 aliphatic rings. The van der Waals surface area contributed by atoms with E-state index in [1.54, 1.807) is 12.5 Å². The first-order valence-electron chi connectivity index (χ1n) is 7.68. The van der Waals surface area contributed by atoms with Gasteiger partial charge in [-0.3, -0.25) is 10.1 Å². The van der Waals surface area contributed by atoms with Gasteiger partial charge in [0.2, 0.25) is 5.88 Å². The third-order valence-corrected chi connectivity index (χ3v) is 4.69. The van der Waals surface area contributed by atoms with Crippen LogP contribution in [0, 0.1) is 10.1 Å². The van der Waals surface area contributed by atoms with Crippen molar-refractivity contribution >= 4 is 23.7 Å². The highest BCUT2D eigenvalue weighted by molar-refractivity contribution is 8.00. The van der Waals surface area contributed by atoms with Crippen molar-refractivity contribution in [1.82, 2.24) is 9.62 Å². The first-order valence-corrected chi connectivity index (χ1v) is 8.52. The lowest BCUT2D eigenvalue weighted by Crippen LogP contribution is -2.40. The van der Waals surface area contributed by atoms with E-state index in [2.05, 4.69) is 5.32 Å². The minimum absolute atomic E-state index is 0.0116. The van der Waals surface area contributed by atoms with Crippen LogP contribution in [0.1, 0.15) is 19.3 Å². The van der Waals surface area contributed by atoms with Gasteiger partial charge < -0.3 is 14.8 Å². The van der Waals surface area contributed by atoms with Crippen LogP contribution in [0.4, 0.5) is 10.5 Å². The Hall–Kier alpha value is -2.52. The van der Waals surface area contributed by atoms with E-state index in [0.29, 0.717) is 23.9 Å². The van der Waals surface area contributed by atoms with Crippen molar-refractivity contribution in [2.24, 2.45) is 0 Å². The third-order valence-electron chi connectivity index (χ3n) is 3.76. The van der Waals surface area contributed by atoms with Gasteiger partial charge in [0, 0.05) is 24.7 Å². The maximum Gasteiger partial charge on any atom is 0.339 e. The van der Waals surface area contributed by atoms with E-state index in [9.17, 15) is 14.9 Å². The van der Waals surface area contributed by atoms with Crippen molar-refractivity contribution in [2.45, 2.75) is 19.3 Å². The maximum absolute atomic E-state index is 12.4. The van der Waals surface area contributed by atoms with Gasteiger partial charge in [0.05, 0.1) is 17.2 Å². The number of allylic oxidation sites excluding steroid dienone is 1. The van der Waals surface area contributed by atoms with E-state index in [1.807, 2.05) is 0 Å². The van der Waals surface area contributed by atoms with E-state index >= 15 is 0 Å². The van der Waals surface area contributed by atoms with E-state index in [0.717, 1.165) is 24.8 Å². The van der Waals surface area contributed by atoms with Gasteiger partial charge in [-0.15, -0.1) is 0 Å². The van der Waals surface area contributed by atoms with Gasteiger partial charge in [0.25, 0.3) is 5.69 Å². The zero-order valence-electron chi connectivity index (χ0n) is 13.6. The van der Waals surface area contributed by atoms with E-state index in [-0.39, 0.29) is 11.7 Å². The van der Waals surface area contributed by atoms with Gasteiger partial charge >= 0.3 is 6.03 Å². The predicted octanol–water partition coefficient (Wildman–Crippen LogP) is 3.53. The number of amides is 2. The Labute approximate surface area is 148 Å². The van der Waals surface area contributed by atoms with Crippen molar-refractivity contribution in [3.05, 3.63) is 56.9 Å². The number of hydrogen-bond acceptors (Lipinski definition) is 6. The summed E-state index contributed by atoms with van der Waals surface area (Å²) in [5, 5.41) is 15.3. The number of nitrogens with zero attached hydrogens (tertiary/aromatic N) is 2. The first kappa shape index (κ1) is 17.3. The molecule has 9 heteroatoms. The molecule has 0 spiro atoms. The summed E-state index contributed by atoms with van der Waals surface area (Å²) in [7, 11) is 1.56. The fourth-order valence-corrected chi connectivity index (χ4v) is 3.08. The van der Waals surface area contributed by atoms with Crippen molar-refractivity contribution in [3.63, 3.8) is 0 Å². The second kappa shape index (κ2) is 7.58. The molecule has 1 N–H and O–H groups in total. The summed E-state index contributed by atoms with van der Waals surface area (Å²) < 4.78 is 12.4. The van der Waals surface area contributed by atoms with Gasteiger partial charge in [-0.25, -0.2) is 9.10 Å². The zero-order chi connectivity index (χ0) is 17.8. The molecule has 0 saturated heterocycles. The Morgan fingerprint density at radius 1 is 1.36 bits per heavy atom. The molecular weight excluding hydrogens is 346 g/mol. The Morgan fingerprint density at radius 2 is 2.08 bits per heavy atom. The average Bonchev–Trinajstić information content (AvgIpc) is 2.54. The first-order chi connectivity index (χ1) is 12.1. The van der Waals surface area contributed by atoms with Crippen LogP contribution in [0.15, 0.2) is 46.8 Å². The van der Waals surface area contributed by atoms with Crippen molar-refractivity contribution in [1.29, 1.82) is 0 Å². The Kier molecular flexibility index (Phi) is 5.25. The van der Waals surface area contributed by atoms with Crippen LogP contribution in [0.3, 0.4) is 0 Å². The number of rotatable bonds is 6. The number of nitro benzene ring substituents is 1. The van der Waals surface area contributed by atoms with Crippen LogP contribution in [-0.4, -0.2) is 29.0 Å². The number of nitrogens with one attached hydrogen (secondary N) is 1. The quantitative estimate of drug-likeness (QED) is 0.360. The molecule has 1 aromatic rings. The number of non-ortho nitro benzene ring substituents is 1. The van der Waals surface area contributed by atoms with Crippen LogP contribution >= 0.6 is 11.9 Å². The molecule has 0 unspecified atom stereocenters. The lowest BCUT2D eigenvalue weighted by atomic mass is 9.93. The Morgan fingerprint density at radius 3 is 2.60 bits per heavy atom. The molecule has 1 saturated carbocycles. The van der Waals surface area contributed by atoms with Crippen LogP contribution in [0.25, 0.3) is 0 Å². The van der Waals surface area contributed by atoms with E-state index in [1.165, 1.54) is 40.5 Å². The monoisotopic (exact) mass is 363 g/mol. The highest BCUT2D eigenvalue weighted by Gasteiger charge is 2.30. The molecule has 2 amide bonds. The number of methoxy groups -OCH3 is 1. The van der Waals surface area contributed by atoms with E-state index in [4.69, 9.17) is 9.47 Å². The molecule has 25 heavy (non-hydrogen) atoms. The molecule has 1 aromatic carbocycles. The second-order valence-corrected chi connectivity index (χ2v) is 6.33. The highest BCUT2D eigenvalue weighted by Crippen LogP contribution is 2.36. The molecule has 0 aromatic heterocycles. The van der Waals surface area contributed by atoms with Crippen LogP contribution < -0.4 is 10.1 Å². The summed E-state index contributed by atoms with van der Waals surface area (Å²) in [6.07, 6.45) is 2.77. The largest absolute Gasteiger partial charge is 0.440 e. The molecule has 3 rings (SSSR count). The van der Waals surface area contributed by atoms with Crippen molar-refractivity contribution in [2.75, 3.05) is 13.7 Å². The molecule has 1 fully saturated rings. The van der Waals surface area contributed by atoms with Crippen molar-refractivity contribution < 1.29 is 19.2 Å². The van der Waals surface area contributed by atoms with Crippen LogP contribution in [-0.2, 0) is 4.74 Å². The Bertz CT molecular complexity index is 739. The molecule has 1 heterocycles. The molecule has 8 nitrogen and oxygen atoms in total. The summed E-state index contributed by atoms with van der Waals surface area (Å²) in [5.74, 6) is 0.912. The van der Waals surface area contributed by atoms with Crippen molar-refractivity contribution in [3.8, 4) is 5.75 Å². The SMILES string of the molecule is COCC1=CSN(C(Oc2ccc([N+](=O)[O-])cc2)=C2CCC2)C(=O)N1. The summed E-state index contributed by atoms with van der Waals surface area (Å²) in [5.41, 5.74) is 1.72. The van der Waals surface area contributed by atoms with Gasteiger partial charge in [-0.05, 0) is 48.9 Å². The van der Waals surface area contributed by atoms with Gasteiger partial charge in [-0.1, -0.05) is 0 Å². The van der Waals surface area contributed by atoms with Gasteiger partial charge in [-0.2, -0.15) is 0 Å². The number of hydrogen-bond donors (Lipinski definition) is 1. The average molecular weight is 363 g/mol. The molecule has 0 bridgehead atoms. The summed E-state index contributed by atoms with van der Waals surface area (Å²) in [6, 6.07) is 5.49. The molecule has 132 valence electrons. The minimum atomic E-state index is -0.467. The summed E-state index contributed by atoms with van der Waals surface area (Å²) in [4.78, 5) is 22.7. The number of urea groups is 1. The van der Waals surface area contributed by atoms with Crippen LogP contribution in [0.2, 0.25) is 0 Å². The predicted molar refractivity (Wildman–Crippen MR) is 92.5 cm³/mol. The Balaban J connectivity index is 1.80. The number of ether oxygens (including phenoxy) is 2. The molecule has 0 atom stereocenters. The van der Waals surface area contributed by atoms with Gasteiger partial charge in [0.1, 0.15) is 5.75 Å². The number of benzene rings is 1. The molecule has 1 aliphatic carbocycles. The summed E-state index contributed by atoms with van der Waals surface area (Å²) in [6.45, 7) is 0.321. The molecule has 0 radical (unpaired) electrons. The topological polar surface area (TPSA) is 93.9 Å². The molecule has 1 aliphatic heterocycles. The lowest BCUT2D eigenvalue weighted by Gasteiger charge is -2.31. The fraction of sp³-hybridized carbons (Fsp3) is 0.312. The maximum atomic E-state index is 12.4. The normalized spacial score (nSPS) is 16.7. The lowest BCUT2D eigenvalue weighted by molar-refractivity contribution is -0.384. The smallest absolute Gasteiger partial charge is 0.339 e. The van der Waals surface area contributed by atoms with E-state index < -0.39 is 4.92 Å². The number of carbonyl (C=O) groups is 1. The number of carbonyl (C=O) groups excluding carboxylic acids is 1. The third kappa shape index (κ3) is 3.94. The zero-order valence-corrected chi connectivity index (χ0v) is 14.4. The fourth-order valence-electron chi connectivity index (χ4n) is 2.32.